The molecule has 1 aliphatic rings. The van der Waals surface area contributed by atoms with Gasteiger partial charge in [-0.2, -0.15) is 0 Å². The quantitative estimate of drug-likeness (QED) is 0.732. The van der Waals surface area contributed by atoms with Gasteiger partial charge in [-0.1, -0.05) is 37.0 Å². The van der Waals surface area contributed by atoms with Crippen molar-refractivity contribution in [2.45, 2.75) is 50.0 Å². The summed E-state index contributed by atoms with van der Waals surface area (Å²) in [4.78, 5) is 14.1. The molecule has 0 aliphatic heterocycles. The summed E-state index contributed by atoms with van der Waals surface area (Å²) >= 11 is 0. The van der Waals surface area contributed by atoms with Gasteiger partial charge in [-0.05, 0) is 38.9 Å². The van der Waals surface area contributed by atoms with Crippen LogP contribution in [-0.2, 0) is 14.8 Å². The second-order valence-corrected chi connectivity index (χ2v) is 8.62. The molecule has 0 aromatic heterocycles. The fraction of sp³-hybridized carbons (Fsp3) is 0.611. The first-order chi connectivity index (χ1) is 11.9. The summed E-state index contributed by atoms with van der Waals surface area (Å²) in [6.45, 7) is 2.94. The Hall–Kier alpha value is -1.44. The number of rotatable bonds is 8. The van der Waals surface area contributed by atoms with E-state index in [0.717, 1.165) is 18.4 Å². The molecule has 6 nitrogen and oxygen atoms in total. The molecule has 1 amide bonds. The summed E-state index contributed by atoms with van der Waals surface area (Å²) in [5.41, 5.74) is 1.02. The zero-order chi connectivity index (χ0) is 18.3. The lowest BCUT2D eigenvalue weighted by molar-refractivity contribution is -0.122. The van der Waals surface area contributed by atoms with E-state index in [9.17, 15) is 13.2 Å². The monoisotopic (exact) mass is 367 g/mol. The van der Waals surface area contributed by atoms with Gasteiger partial charge in [0.15, 0.2) is 0 Å². The molecule has 7 heteroatoms. The van der Waals surface area contributed by atoms with Crippen LogP contribution in [0.15, 0.2) is 29.2 Å². The molecule has 0 radical (unpaired) electrons. The van der Waals surface area contributed by atoms with E-state index < -0.39 is 10.0 Å². The average Bonchev–Trinajstić information content (AvgIpc) is 2.55. The van der Waals surface area contributed by atoms with E-state index in [1.165, 1.54) is 19.3 Å². The molecule has 1 aromatic carbocycles. The van der Waals surface area contributed by atoms with Crippen LogP contribution in [0.25, 0.3) is 0 Å². The van der Waals surface area contributed by atoms with Gasteiger partial charge in [0.25, 0.3) is 0 Å². The zero-order valence-corrected chi connectivity index (χ0v) is 15.9. The maximum Gasteiger partial charge on any atom is 0.240 e. The Bertz CT molecular complexity index is 653. The molecule has 1 aromatic rings. The minimum atomic E-state index is -3.50. The Labute approximate surface area is 151 Å². The molecule has 1 saturated carbocycles. The molecule has 1 aliphatic carbocycles. The molecule has 0 heterocycles. The SMILES string of the molecule is Cc1ccc(S(=O)(=O)NCCN(C)CC(=O)NC2CCCCC2)cc1. The van der Waals surface area contributed by atoms with Crippen LogP contribution in [0.2, 0.25) is 0 Å². The van der Waals surface area contributed by atoms with Crippen LogP contribution in [0, 0.1) is 6.92 Å². The van der Waals surface area contributed by atoms with Gasteiger partial charge in [0, 0.05) is 19.1 Å². The maximum atomic E-state index is 12.2. The summed E-state index contributed by atoms with van der Waals surface area (Å²) in [5.74, 6) is 0.00999. The first-order valence-corrected chi connectivity index (χ1v) is 10.4. The van der Waals surface area contributed by atoms with Crippen LogP contribution in [0.3, 0.4) is 0 Å². The number of likely N-dealkylation sites (N-methyl/N-ethyl adjacent to an activating group) is 1. The van der Waals surface area contributed by atoms with Crippen molar-refractivity contribution in [1.82, 2.24) is 14.9 Å². The van der Waals surface area contributed by atoms with E-state index >= 15 is 0 Å². The lowest BCUT2D eigenvalue weighted by atomic mass is 9.95. The number of nitrogens with one attached hydrogen (secondary N) is 2. The van der Waals surface area contributed by atoms with Crippen LogP contribution in [-0.4, -0.2) is 51.9 Å². The molecule has 2 rings (SSSR count). The Morgan fingerprint density at radius 3 is 2.44 bits per heavy atom. The Morgan fingerprint density at radius 1 is 1.16 bits per heavy atom. The van der Waals surface area contributed by atoms with Crippen molar-refractivity contribution in [2.75, 3.05) is 26.7 Å². The van der Waals surface area contributed by atoms with Gasteiger partial charge >= 0.3 is 0 Å². The van der Waals surface area contributed by atoms with Gasteiger partial charge in [-0.15, -0.1) is 0 Å². The number of hydrogen-bond acceptors (Lipinski definition) is 4. The van der Waals surface area contributed by atoms with Crippen molar-refractivity contribution in [2.24, 2.45) is 0 Å². The molecule has 25 heavy (non-hydrogen) atoms. The Kier molecular flexibility index (Phi) is 7.40. The van der Waals surface area contributed by atoms with Crippen LogP contribution in [0.4, 0.5) is 0 Å². The van der Waals surface area contributed by atoms with Crippen LogP contribution in [0.1, 0.15) is 37.7 Å². The number of aryl methyl sites for hydroxylation is 1. The van der Waals surface area contributed by atoms with Gasteiger partial charge in [0.1, 0.15) is 0 Å². The average molecular weight is 368 g/mol. The number of nitrogens with zero attached hydrogens (tertiary/aromatic N) is 1. The predicted molar refractivity (Wildman–Crippen MR) is 98.9 cm³/mol. The number of sulfonamides is 1. The van der Waals surface area contributed by atoms with Crippen molar-refractivity contribution < 1.29 is 13.2 Å². The smallest absolute Gasteiger partial charge is 0.240 e. The van der Waals surface area contributed by atoms with Crippen molar-refractivity contribution >= 4 is 15.9 Å². The van der Waals surface area contributed by atoms with Crippen LogP contribution < -0.4 is 10.0 Å². The molecule has 140 valence electrons. The summed E-state index contributed by atoms with van der Waals surface area (Å²) < 4.78 is 27.0. The summed E-state index contributed by atoms with van der Waals surface area (Å²) in [5, 5.41) is 3.07. The van der Waals surface area contributed by atoms with Crippen molar-refractivity contribution in [3.05, 3.63) is 29.8 Å². The highest BCUT2D eigenvalue weighted by atomic mass is 32.2. The molecular weight excluding hydrogens is 338 g/mol. The van der Waals surface area contributed by atoms with Gasteiger partial charge in [-0.25, -0.2) is 13.1 Å². The van der Waals surface area contributed by atoms with Gasteiger partial charge in [-0.3, -0.25) is 9.69 Å². The standard InChI is InChI=1S/C18H29N3O3S/c1-15-8-10-17(11-9-15)25(23,24)19-12-13-21(2)14-18(22)20-16-6-4-3-5-7-16/h8-11,16,19H,3-7,12-14H2,1-2H3,(H,20,22). The fourth-order valence-corrected chi connectivity index (χ4v) is 4.04. The fourth-order valence-electron chi connectivity index (χ4n) is 3.02. The molecule has 0 spiro atoms. The molecule has 0 saturated heterocycles. The summed E-state index contributed by atoms with van der Waals surface area (Å²) in [7, 11) is -1.68. The maximum absolute atomic E-state index is 12.2. The minimum Gasteiger partial charge on any atom is -0.352 e. The van der Waals surface area contributed by atoms with E-state index in [4.69, 9.17) is 0 Å². The van der Waals surface area contributed by atoms with E-state index in [1.54, 1.807) is 24.3 Å². The summed E-state index contributed by atoms with van der Waals surface area (Å²) in [6, 6.07) is 7.04. The molecule has 0 atom stereocenters. The second-order valence-electron chi connectivity index (χ2n) is 6.85. The van der Waals surface area contributed by atoms with Gasteiger partial charge < -0.3 is 5.32 Å². The second kappa shape index (κ2) is 9.31. The van der Waals surface area contributed by atoms with E-state index in [0.29, 0.717) is 12.6 Å². The Balaban J connectivity index is 1.71. The largest absolute Gasteiger partial charge is 0.352 e. The number of hydrogen-bond donors (Lipinski definition) is 2. The van der Waals surface area contributed by atoms with Crippen LogP contribution >= 0.6 is 0 Å². The molecular formula is C18H29N3O3S. The normalized spacial score (nSPS) is 16.1. The molecule has 0 bridgehead atoms. The van der Waals surface area contributed by atoms with E-state index in [2.05, 4.69) is 10.0 Å². The highest BCUT2D eigenvalue weighted by molar-refractivity contribution is 7.89. The first-order valence-electron chi connectivity index (χ1n) is 8.91. The Morgan fingerprint density at radius 2 is 1.80 bits per heavy atom. The molecule has 0 unspecified atom stereocenters. The highest BCUT2D eigenvalue weighted by Crippen LogP contribution is 2.17. The number of carbonyl (C=O) groups is 1. The predicted octanol–water partition coefficient (Wildman–Crippen LogP) is 1.65. The first kappa shape index (κ1) is 19.9. The third-order valence-corrected chi connectivity index (χ3v) is 5.98. The molecule has 1 fully saturated rings. The van der Waals surface area contributed by atoms with Gasteiger partial charge in [0.2, 0.25) is 15.9 Å². The topological polar surface area (TPSA) is 78.5 Å². The van der Waals surface area contributed by atoms with E-state index in [-0.39, 0.29) is 23.9 Å². The zero-order valence-electron chi connectivity index (χ0n) is 15.1. The van der Waals surface area contributed by atoms with Crippen molar-refractivity contribution in [3.63, 3.8) is 0 Å². The lowest BCUT2D eigenvalue weighted by Gasteiger charge is -2.24. The van der Waals surface area contributed by atoms with Crippen molar-refractivity contribution in [3.8, 4) is 0 Å². The number of benzene rings is 1. The third-order valence-electron chi connectivity index (χ3n) is 4.50. The minimum absolute atomic E-state index is 0.00999. The van der Waals surface area contributed by atoms with Crippen LogP contribution in [0.5, 0.6) is 0 Å². The van der Waals surface area contributed by atoms with Crippen molar-refractivity contribution in [1.29, 1.82) is 0 Å². The van der Waals surface area contributed by atoms with E-state index in [1.807, 2.05) is 18.9 Å². The summed E-state index contributed by atoms with van der Waals surface area (Å²) in [6.07, 6.45) is 5.74. The third kappa shape index (κ3) is 6.76. The number of carbonyl (C=O) groups excluding carboxylic acids is 1. The number of amides is 1. The highest BCUT2D eigenvalue weighted by Gasteiger charge is 2.17. The van der Waals surface area contributed by atoms with Gasteiger partial charge in [0.05, 0.1) is 11.4 Å². The lowest BCUT2D eigenvalue weighted by Crippen LogP contribution is -2.43. The molecule has 2 N–H and O–H groups in total.